The summed E-state index contributed by atoms with van der Waals surface area (Å²) < 4.78 is 0. The zero-order valence-electron chi connectivity index (χ0n) is 13.5. The van der Waals surface area contributed by atoms with Crippen LogP contribution in [0.4, 0.5) is 0 Å². The number of hydrogen-bond acceptors (Lipinski definition) is 2. The van der Waals surface area contributed by atoms with E-state index in [1.54, 1.807) is 0 Å². The second kappa shape index (κ2) is 7.82. The summed E-state index contributed by atoms with van der Waals surface area (Å²) in [5.74, 6) is -0.744. The Bertz CT molecular complexity index is 471. The fourth-order valence-corrected chi connectivity index (χ4v) is 3.40. The van der Waals surface area contributed by atoms with Gasteiger partial charge in [0.2, 0.25) is 0 Å². The molecule has 3 nitrogen and oxygen atoms in total. The minimum absolute atomic E-state index is 0.0866. The highest BCUT2D eigenvalue weighted by Gasteiger charge is 2.41. The molecule has 4 heteroatoms. The van der Waals surface area contributed by atoms with E-state index in [1.807, 2.05) is 6.07 Å². The van der Waals surface area contributed by atoms with Gasteiger partial charge in [-0.25, -0.2) is 0 Å². The standard InChI is InChI=1S/C18H26BNO2/c1-2-3-11-18(19,17(21)22)16-9-12-20(13-10-16)14-15-7-5-4-6-8-15/h4-8,16H,2-3,9-14H2,1H3,(H,21,22). The van der Waals surface area contributed by atoms with Gasteiger partial charge in [0.05, 0.1) is 7.85 Å². The third-order valence-electron chi connectivity index (χ3n) is 4.91. The summed E-state index contributed by atoms with van der Waals surface area (Å²) in [4.78, 5) is 14.1. The molecule has 0 spiro atoms. The lowest BCUT2D eigenvalue weighted by Gasteiger charge is -2.40. The highest BCUT2D eigenvalue weighted by atomic mass is 16.4. The first kappa shape index (κ1) is 17.1. The minimum Gasteiger partial charge on any atom is -0.481 e. The van der Waals surface area contributed by atoms with Crippen LogP contribution in [0.5, 0.6) is 0 Å². The Labute approximate surface area is 135 Å². The van der Waals surface area contributed by atoms with Crippen molar-refractivity contribution in [3.8, 4) is 0 Å². The Morgan fingerprint density at radius 2 is 1.95 bits per heavy atom. The minimum atomic E-state index is -1.05. The van der Waals surface area contributed by atoms with Gasteiger partial charge in [0.15, 0.2) is 0 Å². The van der Waals surface area contributed by atoms with Crippen LogP contribution in [0.25, 0.3) is 0 Å². The quantitative estimate of drug-likeness (QED) is 0.783. The van der Waals surface area contributed by atoms with Crippen LogP contribution in [-0.4, -0.2) is 36.9 Å². The highest BCUT2D eigenvalue weighted by Crippen LogP contribution is 2.43. The molecule has 1 aromatic carbocycles. The molecule has 2 radical (unpaired) electrons. The summed E-state index contributed by atoms with van der Waals surface area (Å²) in [6.45, 7) is 4.87. The number of aliphatic carboxylic acids is 1. The van der Waals surface area contributed by atoms with Crippen LogP contribution in [0.1, 0.15) is 44.6 Å². The third-order valence-corrected chi connectivity index (χ3v) is 4.91. The Morgan fingerprint density at radius 3 is 2.50 bits per heavy atom. The van der Waals surface area contributed by atoms with Crippen molar-refractivity contribution in [1.82, 2.24) is 4.90 Å². The average molecular weight is 299 g/mol. The molecular formula is C18H26BNO2. The average Bonchev–Trinajstić information content (AvgIpc) is 2.54. The van der Waals surface area contributed by atoms with E-state index in [1.165, 1.54) is 5.56 Å². The van der Waals surface area contributed by atoms with Crippen molar-refractivity contribution in [3.05, 3.63) is 35.9 Å². The predicted octanol–water partition coefficient (Wildman–Crippen LogP) is 3.50. The molecule has 1 saturated heterocycles. The predicted molar refractivity (Wildman–Crippen MR) is 90.1 cm³/mol. The van der Waals surface area contributed by atoms with Crippen LogP contribution in [0, 0.1) is 5.92 Å². The van der Waals surface area contributed by atoms with Gasteiger partial charge in [-0.2, -0.15) is 0 Å². The molecule has 118 valence electrons. The summed E-state index contributed by atoms with van der Waals surface area (Å²) in [5, 5.41) is 8.53. The molecule has 1 aliphatic rings. The number of rotatable bonds is 7. The molecule has 1 aromatic rings. The smallest absolute Gasteiger partial charge is 0.300 e. The van der Waals surface area contributed by atoms with Crippen molar-refractivity contribution in [2.45, 2.75) is 50.9 Å². The number of carboxylic acid groups (broad SMARTS) is 1. The van der Waals surface area contributed by atoms with Gasteiger partial charge in [-0.3, -0.25) is 9.69 Å². The molecule has 1 N–H and O–H groups in total. The maximum Gasteiger partial charge on any atom is 0.300 e. The number of carboxylic acids is 1. The molecule has 1 heterocycles. The van der Waals surface area contributed by atoms with Gasteiger partial charge in [-0.05, 0) is 43.8 Å². The first-order valence-corrected chi connectivity index (χ1v) is 8.35. The molecular weight excluding hydrogens is 273 g/mol. The fraction of sp³-hybridized carbons (Fsp3) is 0.611. The lowest BCUT2D eigenvalue weighted by atomic mass is 9.56. The van der Waals surface area contributed by atoms with Gasteiger partial charge < -0.3 is 5.11 Å². The van der Waals surface area contributed by atoms with Crippen LogP contribution in [0.2, 0.25) is 5.31 Å². The lowest BCUT2D eigenvalue weighted by Crippen LogP contribution is -2.41. The van der Waals surface area contributed by atoms with E-state index in [4.69, 9.17) is 7.85 Å². The van der Waals surface area contributed by atoms with Crippen molar-refractivity contribution in [2.75, 3.05) is 13.1 Å². The van der Waals surface area contributed by atoms with Gasteiger partial charge in [0.1, 0.15) is 0 Å². The zero-order chi connectivity index (χ0) is 16.0. The topological polar surface area (TPSA) is 40.5 Å². The van der Waals surface area contributed by atoms with E-state index in [9.17, 15) is 9.90 Å². The van der Waals surface area contributed by atoms with E-state index in [-0.39, 0.29) is 5.92 Å². The Morgan fingerprint density at radius 1 is 1.32 bits per heavy atom. The summed E-state index contributed by atoms with van der Waals surface area (Å²) in [7, 11) is 6.28. The number of unbranched alkanes of at least 4 members (excludes halogenated alkanes) is 1. The zero-order valence-corrected chi connectivity index (χ0v) is 13.5. The van der Waals surface area contributed by atoms with Gasteiger partial charge >= 0.3 is 5.97 Å². The molecule has 1 fully saturated rings. The molecule has 0 aliphatic carbocycles. The largest absolute Gasteiger partial charge is 0.481 e. The molecule has 1 unspecified atom stereocenters. The SMILES string of the molecule is [B]C(CCCC)(C(=O)O)C1CCN(Cc2ccccc2)CC1. The lowest BCUT2D eigenvalue weighted by molar-refractivity contribution is -0.143. The number of carbonyl (C=O) groups is 1. The van der Waals surface area contributed by atoms with Gasteiger partial charge in [0.25, 0.3) is 0 Å². The van der Waals surface area contributed by atoms with E-state index in [0.717, 1.165) is 45.3 Å². The summed E-state index contributed by atoms with van der Waals surface area (Å²) in [5.41, 5.74) is 1.31. The van der Waals surface area contributed by atoms with Crippen LogP contribution >= 0.6 is 0 Å². The van der Waals surface area contributed by atoms with Crippen molar-refractivity contribution in [3.63, 3.8) is 0 Å². The third kappa shape index (κ3) is 4.13. The summed E-state index contributed by atoms with van der Waals surface area (Å²) in [6, 6.07) is 10.4. The number of hydrogen-bond donors (Lipinski definition) is 1. The first-order valence-electron chi connectivity index (χ1n) is 8.35. The molecule has 22 heavy (non-hydrogen) atoms. The van der Waals surface area contributed by atoms with Crippen molar-refractivity contribution in [2.24, 2.45) is 5.92 Å². The van der Waals surface area contributed by atoms with Gasteiger partial charge in [0, 0.05) is 11.9 Å². The molecule has 0 amide bonds. The number of benzene rings is 1. The molecule has 1 atom stereocenters. The van der Waals surface area contributed by atoms with Crippen molar-refractivity contribution >= 4 is 13.8 Å². The van der Waals surface area contributed by atoms with E-state index in [2.05, 4.69) is 36.1 Å². The summed E-state index contributed by atoms with van der Waals surface area (Å²) in [6.07, 6.45) is 4.20. The van der Waals surface area contributed by atoms with Crippen LogP contribution in [0.15, 0.2) is 30.3 Å². The highest BCUT2D eigenvalue weighted by molar-refractivity contribution is 6.26. The Hall–Kier alpha value is -1.29. The van der Waals surface area contributed by atoms with Crippen LogP contribution < -0.4 is 0 Å². The van der Waals surface area contributed by atoms with E-state index in [0.29, 0.717) is 6.42 Å². The first-order chi connectivity index (χ1) is 10.6. The van der Waals surface area contributed by atoms with Gasteiger partial charge in [-0.15, -0.1) is 0 Å². The normalized spacial score (nSPS) is 19.7. The maximum absolute atomic E-state index is 11.7. The van der Waals surface area contributed by atoms with Crippen LogP contribution in [-0.2, 0) is 11.3 Å². The van der Waals surface area contributed by atoms with Crippen molar-refractivity contribution < 1.29 is 9.90 Å². The second-order valence-electron chi connectivity index (χ2n) is 6.49. The monoisotopic (exact) mass is 299 g/mol. The molecule has 0 saturated carbocycles. The summed E-state index contributed by atoms with van der Waals surface area (Å²) >= 11 is 0. The second-order valence-corrected chi connectivity index (χ2v) is 6.49. The van der Waals surface area contributed by atoms with Crippen molar-refractivity contribution in [1.29, 1.82) is 0 Å². The number of likely N-dealkylation sites (tertiary alicyclic amines) is 1. The number of nitrogens with zero attached hydrogens (tertiary/aromatic N) is 1. The van der Waals surface area contributed by atoms with Gasteiger partial charge in [-0.1, -0.05) is 50.1 Å². The molecule has 1 aliphatic heterocycles. The molecule has 0 bridgehead atoms. The fourth-order valence-electron chi connectivity index (χ4n) is 3.40. The Kier molecular flexibility index (Phi) is 6.07. The van der Waals surface area contributed by atoms with E-state index < -0.39 is 11.3 Å². The molecule has 0 aromatic heterocycles. The Balaban J connectivity index is 1.91. The number of piperidine rings is 1. The van der Waals surface area contributed by atoms with E-state index >= 15 is 0 Å². The molecule has 2 rings (SSSR count). The van der Waals surface area contributed by atoms with Crippen LogP contribution in [0.3, 0.4) is 0 Å². The maximum atomic E-state index is 11.7.